The lowest BCUT2D eigenvalue weighted by Gasteiger charge is -2.16. The third-order valence-electron chi connectivity index (χ3n) is 4.54. The smallest absolute Gasteiger partial charge is 0.267 e. The van der Waals surface area contributed by atoms with E-state index in [-0.39, 0.29) is 17.9 Å². The van der Waals surface area contributed by atoms with Gasteiger partial charge in [-0.1, -0.05) is 11.2 Å². The lowest BCUT2D eigenvalue weighted by Crippen LogP contribution is -2.35. The number of hydrogen-bond acceptors (Lipinski definition) is 7. The van der Waals surface area contributed by atoms with Gasteiger partial charge in [0.2, 0.25) is 5.60 Å². The van der Waals surface area contributed by atoms with Crippen LogP contribution in [0.2, 0.25) is 0 Å². The van der Waals surface area contributed by atoms with Gasteiger partial charge in [0, 0.05) is 26.1 Å². The largest absolute Gasteiger partial charge is 0.453 e. The standard InChI is InChI=1S/C18H16N4O5/c1-22-8-7-18(25,17(22)24)15-9-12(21-27-15)14-6-5-13(26-14)10-3-2-4-11(20-10)16(19)23/h2-6,9,25H,7-8H2,1H3,(H2,19,23)/t18-/m0/s1. The minimum absolute atomic E-state index is 0.0682. The lowest BCUT2D eigenvalue weighted by atomic mass is 9.99. The molecule has 0 saturated carbocycles. The molecule has 1 saturated heterocycles. The summed E-state index contributed by atoms with van der Waals surface area (Å²) in [5.74, 6) is -0.220. The normalized spacial score (nSPS) is 19.6. The molecule has 1 atom stereocenters. The molecule has 9 heteroatoms. The first-order chi connectivity index (χ1) is 12.9. The van der Waals surface area contributed by atoms with Crippen LogP contribution in [0.5, 0.6) is 0 Å². The van der Waals surface area contributed by atoms with Crippen molar-refractivity contribution in [2.24, 2.45) is 5.73 Å². The van der Waals surface area contributed by atoms with Gasteiger partial charge >= 0.3 is 0 Å². The van der Waals surface area contributed by atoms with Crippen molar-refractivity contribution in [3.8, 4) is 22.9 Å². The minimum atomic E-state index is -1.72. The molecule has 138 valence electrons. The number of likely N-dealkylation sites (tertiary alicyclic amines) is 1. The van der Waals surface area contributed by atoms with Crippen LogP contribution in [0.15, 0.2) is 45.3 Å². The fourth-order valence-electron chi connectivity index (χ4n) is 2.99. The molecule has 4 heterocycles. The van der Waals surface area contributed by atoms with Gasteiger partial charge in [0.1, 0.15) is 17.1 Å². The molecular formula is C18H16N4O5. The highest BCUT2D eigenvalue weighted by Gasteiger charge is 2.48. The zero-order valence-corrected chi connectivity index (χ0v) is 14.4. The summed E-state index contributed by atoms with van der Waals surface area (Å²) < 4.78 is 10.9. The Hall–Kier alpha value is -3.46. The summed E-state index contributed by atoms with van der Waals surface area (Å²) in [7, 11) is 1.61. The molecule has 0 unspecified atom stereocenters. The van der Waals surface area contributed by atoms with Crippen LogP contribution in [0.3, 0.4) is 0 Å². The third-order valence-corrected chi connectivity index (χ3v) is 4.54. The summed E-state index contributed by atoms with van der Waals surface area (Å²) in [5.41, 5.74) is 4.42. The molecule has 3 aromatic rings. The number of pyridine rings is 1. The summed E-state index contributed by atoms with van der Waals surface area (Å²) in [6.07, 6.45) is 0.226. The highest BCUT2D eigenvalue weighted by Crippen LogP contribution is 2.35. The molecule has 1 aliphatic rings. The highest BCUT2D eigenvalue weighted by atomic mass is 16.5. The zero-order chi connectivity index (χ0) is 19.2. The molecule has 0 aromatic carbocycles. The molecule has 0 aliphatic carbocycles. The van der Waals surface area contributed by atoms with E-state index in [9.17, 15) is 14.7 Å². The second-order valence-electron chi connectivity index (χ2n) is 6.35. The van der Waals surface area contributed by atoms with E-state index in [2.05, 4.69) is 10.1 Å². The third kappa shape index (κ3) is 2.77. The molecule has 0 spiro atoms. The number of aromatic nitrogens is 2. The van der Waals surface area contributed by atoms with Crippen LogP contribution in [-0.2, 0) is 10.4 Å². The van der Waals surface area contributed by atoms with Crippen molar-refractivity contribution in [2.45, 2.75) is 12.0 Å². The number of carbonyl (C=O) groups excluding carboxylic acids is 2. The van der Waals surface area contributed by atoms with E-state index in [4.69, 9.17) is 14.7 Å². The van der Waals surface area contributed by atoms with Gasteiger partial charge in [-0.2, -0.15) is 0 Å². The molecule has 9 nitrogen and oxygen atoms in total. The number of likely N-dealkylation sites (N-methyl/N-ethyl adjacent to an activating group) is 1. The number of hydrogen-bond donors (Lipinski definition) is 2. The average molecular weight is 368 g/mol. The lowest BCUT2D eigenvalue weighted by molar-refractivity contribution is -0.144. The monoisotopic (exact) mass is 368 g/mol. The summed E-state index contributed by atoms with van der Waals surface area (Å²) in [6.45, 7) is 0.429. The molecule has 2 amide bonds. The number of nitrogens with zero attached hydrogens (tertiary/aromatic N) is 3. The Morgan fingerprint density at radius 3 is 2.67 bits per heavy atom. The number of rotatable bonds is 4. The van der Waals surface area contributed by atoms with Gasteiger partial charge in [-0.25, -0.2) is 4.98 Å². The second-order valence-corrected chi connectivity index (χ2v) is 6.35. The summed E-state index contributed by atoms with van der Waals surface area (Å²) in [5, 5.41) is 14.5. The highest BCUT2D eigenvalue weighted by molar-refractivity contribution is 5.91. The average Bonchev–Trinajstić information content (AvgIpc) is 3.39. The Bertz CT molecular complexity index is 1040. The Morgan fingerprint density at radius 1 is 1.26 bits per heavy atom. The van der Waals surface area contributed by atoms with E-state index in [0.717, 1.165) is 0 Å². The predicted molar refractivity (Wildman–Crippen MR) is 92.1 cm³/mol. The van der Waals surface area contributed by atoms with Crippen LogP contribution in [0.1, 0.15) is 22.7 Å². The van der Waals surface area contributed by atoms with Gasteiger partial charge in [0.15, 0.2) is 17.3 Å². The maximum absolute atomic E-state index is 12.2. The molecule has 0 bridgehead atoms. The molecule has 1 aliphatic heterocycles. The van der Waals surface area contributed by atoms with Gasteiger partial charge in [-0.15, -0.1) is 0 Å². The maximum atomic E-state index is 12.2. The first-order valence-corrected chi connectivity index (χ1v) is 8.21. The van der Waals surface area contributed by atoms with Crippen molar-refractivity contribution in [3.05, 3.63) is 47.9 Å². The van der Waals surface area contributed by atoms with Crippen molar-refractivity contribution in [3.63, 3.8) is 0 Å². The van der Waals surface area contributed by atoms with Crippen molar-refractivity contribution >= 4 is 11.8 Å². The van der Waals surface area contributed by atoms with Gasteiger partial charge < -0.3 is 24.7 Å². The van der Waals surface area contributed by atoms with Crippen LogP contribution < -0.4 is 5.73 Å². The number of primary amides is 1. The molecule has 3 N–H and O–H groups in total. The van der Waals surface area contributed by atoms with Crippen LogP contribution in [-0.4, -0.2) is 45.6 Å². The van der Waals surface area contributed by atoms with E-state index in [1.165, 1.54) is 17.0 Å². The van der Waals surface area contributed by atoms with Crippen LogP contribution in [0.25, 0.3) is 22.9 Å². The van der Waals surface area contributed by atoms with Crippen molar-refractivity contribution < 1.29 is 23.6 Å². The van der Waals surface area contributed by atoms with Crippen LogP contribution in [0, 0.1) is 0 Å². The first kappa shape index (κ1) is 17.0. The van der Waals surface area contributed by atoms with Gasteiger partial charge in [0.05, 0.1) is 0 Å². The van der Waals surface area contributed by atoms with Crippen LogP contribution >= 0.6 is 0 Å². The first-order valence-electron chi connectivity index (χ1n) is 8.21. The molecule has 1 fully saturated rings. The molecule has 27 heavy (non-hydrogen) atoms. The molecule has 4 rings (SSSR count). The number of aliphatic hydroxyl groups is 1. The van der Waals surface area contributed by atoms with Gasteiger partial charge in [-0.05, 0) is 24.3 Å². The van der Waals surface area contributed by atoms with Crippen LogP contribution in [0.4, 0.5) is 0 Å². The number of carbonyl (C=O) groups is 2. The zero-order valence-electron chi connectivity index (χ0n) is 14.4. The number of amides is 2. The second kappa shape index (κ2) is 6.06. The summed E-state index contributed by atoms with van der Waals surface area (Å²) in [6, 6.07) is 9.64. The predicted octanol–water partition coefficient (Wildman–Crippen LogP) is 1.15. The van der Waals surface area contributed by atoms with E-state index < -0.39 is 17.4 Å². The number of nitrogens with two attached hydrogens (primary N) is 1. The Labute approximate surface area is 153 Å². The Kier molecular flexibility index (Phi) is 3.81. The molecular weight excluding hydrogens is 352 g/mol. The fourth-order valence-corrected chi connectivity index (χ4v) is 2.99. The van der Waals surface area contributed by atoms with Crippen molar-refractivity contribution in [2.75, 3.05) is 13.6 Å². The SMILES string of the molecule is CN1CC[C@](O)(c2cc(-c3ccc(-c4cccc(C(N)=O)n4)o3)no2)C1=O. The van der Waals surface area contributed by atoms with Crippen molar-refractivity contribution in [1.82, 2.24) is 15.0 Å². The van der Waals surface area contributed by atoms with E-state index in [1.54, 1.807) is 31.3 Å². The topological polar surface area (TPSA) is 136 Å². The Balaban J connectivity index is 1.63. The molecule has 3 aromatic heterocycles. The maximum Gasteiger partial charge on any atom is 0.267 e. The van der Waals surface area contributed by atoms with Crippen molar-refractivity contribution in [1.29, 1.82) is 0 Å². The molecule has 0 radical (unpaired) electrons. The van der Waals surface area contributed by atoms with E-state index in [0.29, 0.717) is 29.5 Å². The summed E-state index contributed by atoms with van der Waals surface area (Å²) >= 11 is 0. The number of furan rings is 1. The minimum Gasteiger partial charge on any atom is -0.453 e. The fraction of sp³-hybridized carbons (Fsp3) is 0.222. The van der Waals surface area contributed by atoms with Gasteiger partial charge in [-0.3, -0.25) is 9.59 Å². The van der Waals surface area contributed by atoms with E-state index in [1.807, 2.05) is 0 Å². The quantitative estimate of drug-likeness (QED) is 0.705. The van der Waals surface area contributed by atoms with Gasteiger partial charge in [0.25, 0.3) is 11.8 Å². The summed E-state index contributed by atoms with van der Waals surface area (Å²) in [4.78, 5) is 29.0. The Morgan fingerprint density at radius 2 is 2.00 bits per heavy atom. The van der Waals surface area contributed by atoms with E-state index >= 15 is 0 Å².